The fourth-order valence-electron chi connectivity index (χ4n) is 1.83. The molecular formula is C13H15NO. The summed E-state index contributed by atoms with van der Waals surface area (Å²) in [6, 6.07) is 12.4. The van der Waals surface area contributed by atoms with Crippen LogP contribution in [0.4, 0.5) is 0 Å². The molecule has 2 rings (SSSR count). The van der Waals surface area contributed by atoms with Gasteiger partial charge in [0.1, 0.15) is 5.75 Å². The maximum atomic E-state index is 5.58. The van der Waals surface area contributed by atoms with Crippen molar-refractivity contribution < 1.29 is 4.74 Å². The van der Waals surface area contributed by atoms with E-state index in [4.69, 9.17) is 10.5 Å². The first-order valence-electron chi connectivity index (χ1n) is 5.11. The lowest BCUT2D eigenvalue weighted by molar-refractivity contribution is 0.415. The molecule has 0 aliphatic carbocycles. The Morgan fingerprint density at radius 2 is 2.07 bits per heavy atom. The van der Waals surface area contributed by atoms with E-state index in [0.717, 1.165) is 12.2 Å². The van der Waals surface area contributed by atoms with Crippen LogP contribution < -0.4 is 10.5 Å². The summed E-state index contributed by atoms with van der Waals surface area (Å²) in [7, 11) is 1.69. The van der Waals surface area contributed by atoms with Gasteiger partial charge in [0, 0.05) is 0 Å². The van der Waals surface area contributed by atoms with Crippen LogP contribution in [0, 0.1) is 0 Å². The molecule has 0 radical (unpaired) electrons. The van der Waals surface area contributed by atoms with Crippen LogP contribution in [0.25, 0.3) is 10.8 Å². The van der Waals surface area contributed by atoms with Crippen molar-refractivity contribution in [3.63, 3.8) is 0 Å². The predicted octanol–water partition coefficient (Wildman–Crippen LogP) is 2.35. The van der Waals surface area contributed by atoms with Gasteiger partial charge in [-0.1, -0.05) is 24.3 Å². The quantitative estimate of drug-likeness (QED) is 0.827. The molecule has 78 valence electrons. The van der Waals surface area contributed by atoms with Crippen molar-refractivity contribution in [2.45, 2.75) is 6.42 Å². The van der Waals surface area contributed by atoms with Crippen LogP contribution in [-0.4, -0.2) is 13.7 Å². The highest BCUT2D eigenvalue weighted by molar-refractivity contribution is 5.87. The van der Waals surface area contributed by atoms with Crippen LogP contribution in [0.15, 0.2) is 36.4 Å². The molecule has 0 atom stereocenters. The monoisotopic (exact) mass is 201 g/mol. The molecule has 0 saturated heterocycles. The molecule has 0 aliphatic rings. The number of hydrogen-bond acceptors (Lipinski definition) is 2. The normalized spacial score (nSPS) is 10.5. The average molecular weight is 201 g/mol. The van der Waals surface area contributed by atoms with E-state index < -0.39 is 0 Å². The van der Waals surface area contributed by atoms with Gasteiger partial charge >= 0.3 is 0 Å². The van der Waals surface area contributed by atoms with Crippen molar-refractivity contribution in [1.82, 2.24) is 0 Å². The fourth-order valence-corrected chi connectivity index (χ4v) is 1.83. The Balaban J connectivity index is 2.56. The van der Waals surface area contributed by atoms with Crippen LogP contribution in [0.3, 0.4) is 0 Å². The lowest BCUT2D eigenvalue weighted by Crippen LogP contribution is -2.02. The van der Waals surface area contributed by atoms with Crippen molar-refractivity contribution in [2.24, 2.45) is 5.73 Å². The first kappa shape index (κ1) is 9.99. The Morgan fingerprint density at radius 1 is 1.20 bits per heavy atom. The summed E-state index contributed by atoms with van der Waals surface area (Å²) in [5.74, 6) is 0.896. The van der Waals surface area contributed by atoms with Gasteiger partial charge in [0.15, 0.2) is 0 Å². The summed E-state index contributed by atoms with van der Waals surface area (Å²) in [4.78, 5) is 0. The van der Waals surface area contributed by atoms with Crippen molar-refractivity contribution in [3.05, 3.63) is 42.0 Å². The minimum atomic E-state index is 0.686. The maximum absolute atomic E-state index is 5.58. The van der Waals surface area contributed by atoms with Gasteiger partial charge in [0.05, 0.1) is 7.11 Å². The smallest absolute Gasteiger partial charge is 0.119 e. The molecule has 0 spiro atoms. The second-order valence-corrected chi connectivity index (χ2v) is 3.54. The summed E-state index contributed by atoms with van der Waals surface area (Å²) in [5, 5.41) is 2.48. The molecule has 2 aromatic rings. The third kappa shape index (κ3) is 1.95. The molecule has 0 unspecified atom stereocenters. The van der Waals surface area contributed by atoms with Gasteiger partial charge < -0.3 is 10.5 Å². The van der Waals surface area contributed by atoms with Gasteiger partial charge in [-0.25, -0.2) is 0 Å². The standard InChI is InChI=1S/C13H15NO/c1-15-12-5-6-13-10(7-8-14)3-2-4-11(13)9-12/h2-6,9H,7-8,14H2,1H3. The molecular weight excluding hydrogens is 186 g/mol. The zero-order chi connectivity index (χ0) is 10.7. The minimum Gasteiger partial charge on any atom is -0.497 e. The Morgan fingerprint density at radius 3 is 2.80 bits per heavy atom. The highest BCUT2D eigenvalue weighted by Crippen LogP contribution is 2.23. The maximum Gasteiger partial charge on any atom is 0.119 e. The Labute approximate surface area is 89.7 Å². The van der Waals surface area contributed by atoms with E-state index in [0.29, 0.717) is 6.54 Å². The molecule has 2 nitrogen and oxygen atoms in total. The topological polar surface area (TPSA) is 35.2 Å². The Kier molecular flexibility index (Phi) is 2.88. The highest BCUT2D eigenvalue weighted by atomic mass is 16.5. The van der Waals surface area contributed by atoms with E-state index in [1.807, 2.05) is 6.07 Å². The first-order chi connectivity index (χ1) is 7.35. The summed E-state index contributed by atoms with van der Waals surface area (Å²) >= 11 is 0. The largest absolute Gasteiger partial charge is 0.497 e. The summed E-state index contributed by atoms with van der Waals surface area (Å²) < 4.78 is 5.20. The third-order valence-corrected chi connectivity index (χ3v) is 2.59. The fraction of sp³-hybridized carbons (Fsp3) is 0.231. The summed E-state index contributed by atoms with van der Waals surface area (Å²) in [6.45, 7) is 0.686. The first-order valence-corrected chi connectivity index (χ1v) is 5.11. The zero-order valence-corrected chi connectivity index (χ0v) is 8.86. The van der Waals surface area contributed by atoms with E-state index in [1.54, 1.807) is 7.11 Å². The number of rotatable bonds is 3. The zero-order valence-electron chi connectivity index (χ0n) is 8.86. The van der Waals surface area contributed by atoms with Crippen molar-refractivity contribution in [1.29, 1.82) is 0 Å². The SMILES string of the molecule is COc1ccc2c(CCN)cccc2c1. The van der Waals surface area contributed by atoms with E-state index >= 15 is 0 Å². The average Bonchev–Trinajstić information content (AvgIpc) is 2.29. The number of methoxy groups -OCH3 is 1. The van der Waals surface area contributed by atoms with Crippen LogP contribution in [-0.2, 0) is 6.42 Å². The summed E-state index contributed by atoms with van der Waals surface area (Å²) in [6.07, 6.45) is 0.920. The van der Waals surface area contributed by atoms with E-state index in [-0.39, 0.29) is 0 Å². The number of fused-ring (bicyclic) bond motifs is 1. The van der Waals surface area contributed by atoms with Crippen molar-refractivity contribution >= 4 is 10.8 Å². The van der Waals surface area contributed by atoms with Crippen LogP contribution in [0.5, 0.6) is 5.75 Å². The second kappa shape index (κ2) is 4.32. The van der Waals surface area contributed by atoms with E-state index in [1.165, 1.54) is 16.3 Å². The van der Waals surface area contributed by atoms with E-state index in [2.05, 4.69) is 30.3 Å². The van der Waals surface area contributed by atoms with Crippen LogP contribution in [0.1, 0.15) is 5.56 Å². The Hall–Kier alpha value is -1.54. The molecule has 0 aliphatic heterocycles. The Bertz CT molecular complexity index is 465. The highest BCUT2D eigenvalue weighted by Gasteiger charge is 2.01. The summed E-state index contributed by atoms with van der Waals surface area (Å²) in [5.41, 5.74) is 6.89. The lowest BCUT2D eigenvalue weighted by atomic mass is 10.0. The third-order valence-electron chi connectivity index (χ3n) is 2.59. The minimum absolute atomic E-state index is 0.686. The van der Waals surface area contributed by atoms with Gasteiger partial charge in [-0.05, 0) is 41.4 Å². The number of hydrogen-bond donors (Lipinski definition) is 1. The number of ether oxygens (including phenoxy) is 1. The number of benzene rings is 2. The molecule has 2 heteroatoms. The van der Waals surface area contributed by atoms with Gasteiger partial charge in [-0.15, -0.1) is 0 Å². The van der Waals surface area contributed by atoms with Crippen molar-refractivity contribution in [2.75, 3.05) is 13.7 Å². The number of nitrogens with two attached hydrogens (primary N) is 1. The van der Waals surface area contributed by atoms with Gasteiger partial charge in [-0.2, -0.15) is 0 Å². The molecule has 0 bridgehead atoms. The van der Waals surface area contributed by atoms with Crippen LogP contribution in [0.2, 0.25) is 0 Å². The van der Waals surface area contributed by atoms with Crippen molar-refractivity contribution in [3.8, 4) is 5.75 Å². The molecule has 2 aromatic carbocycles. The molecule has 0 amide bonds. The van der Waals surface area contributed by atoms with E-state index in [9.17, 15) is 0 Å². The molecule has 2 N–H and O–H groups in total. The van der Waals surface area contributed by atoms with Gasteiger partial charge in [0.25, 0.3) is 0 Å². The lowest BCUT2D eigenvalue weighted by Gasteiger charge is -2.06. The predicted molar refractivity (Wildman–Crippen MR) is 63.3 cm³/mol. The molecule has 0 saturated carbocycles. The van der Waals surface area contributed by atoms with Gasteiger partial charge in [0.2, 0.25) is 0 Å². The molecule has 0 fully saturated rings. The second-order valence-electron chi connectivity index (χ2n) is 3.54. The van der Waals surface area contributed by atoms with Crippen LogP contribution >= 0.6 is 0 Å². The molecule has 0 aromatic heterocycles. The molecule has 15 heavy (non-hydrogen) atoms. The van der Waals surface area contributed by atoms with Gasteiger partial charge in [-0.3, -0.25) is 0 Å². The molecule has 0 heterocycles.